The number of benzene rings is 2. The molecule has 0 amide bonds. The summed E-state index contributed by atoms with van der Waals surface area (Å²) in [6.07, 6.45) is 0. The van der Waals surface area contributed by atoms with Crippen LogP contribution in [0.4, 0.5) is 18.9 Å². The van der Waals surface area contributed by atoms with E-state index in [0.717, 1.165) is 21.4 Å². The predicted molar refractivity (Wildman–Crippen MR) is 77.8 cm³/mol. The minimum absolute atomic E-state index is 0.186. The molecule has 2 aromatic rings. The van der Waals surface area contributed by atoms with Gasteiger partial charge in [0, 0.05) is 20.8 Å². The summed E-state index contributed by atoms with van der Waals surface area (Å²) >= 11 is 7.91. The molecule has 100 valence electrons. The maximum Gasteiger partial charge on any atom is 0.194 e. The van der Waals surface area contributed by atoms with Crippen LogP contribution in [0.1, 0.15) is 5.56 Å². The van der Waals surface area contributed by atoms with E-state index in [1.54, 1.807) is 18.2 Å². The van der Waals surface area contributed by atoms with Gasteiger partial charge in [0.15, 0.2) is 17.5 Å². The van der Waals surface area contributed by atoms with Gasteiger partial charge in [0.05, 0.1) is 0 Å². The van der Waals surface area contributed by atoms with Gasteiger partial charge in [-0.15, -0.1) is 0 Å². The van der Waals surface area contributed by atoms with Crippen LogP contribution in [0.2, 0.25) is 5.02 Å². The van der Waals surface area contributed by atoms with E-state index in [9.17, 15) is 13.2 Å². The first-order chi connectivity index (χ1) is 8.97. The summed E-state index contributed by atoms with van der Waals surface area (Å²) in [5, 5.41) is 3.61. The Bertz CT molecular complexity index is 596. The smallest absolute Gasteiger partial charge is 0.194 e. The van der Waals surface area contributed by atoms with Gasteiger partial charge in [0.2, 0.25) is 0 Å². The van der Waals surface area contributed by atoms with Gasteiger partial charge in [-0.1, -0.05) is 11.6 Å². The van der Waals surface area contributed by atoms with E-state index in [1.165, 1.54) is 0 Å². The molecule has 0 aliphatic carbocycles. The van der Waals surface area contributed by atoms with Gasteiger partial charge in [-0.2, -0.15) is 0 Å². The monoisotopic (exact) mass is 397 g/mol. The molecular formula is C13H8ClF3IN. The third-order valence-corrected chi connectivity index (χ3v) is 3.59. The molecule has 0 radical (unpaired) electrons. The van der Waals surface area contributed by atoms with Crippen LogP contribution >= 0.6 is 34.2 Å². The molecule has 1 nitrogen and oxygen atoms in total. The predicted octanol–water partition coefficient (Wildman–Crippen LogP) is 4.97. The normalized spacial score (nSPS) is 10.6. The van der Waals surface area contributed by atoms with E-state index in [4.69, 9.17) is 11.6 Å². The lowest BCUT2D eigenvalue weighted by Crippen LogP contribution is -2.03. The first kappa shape index (κ1) is 14.5. The highest BCUT2D eigenvalue weighted by molar-refractivity contribution is 14.1. The Morgan fingerprint density at radius 1 is 1.05 bits per heavy atom. The summed E-state index contributed by atoms with van der Waals surface area (Å²) in [7, 11) is 0. The molecule has 2 rings (SSSR count). The fraction of sp³-hybridized carbons (Fsp3) is 0.0769. The van der Waals surface area contributed by atoms with Crippen molar-refractivity contribution in [3.05, 3.63) is 61.9 Å². The van der Waals surface area contributed by atoms with Gasteiger partial charge in [0.1, 0.15) is 0 Å². The van der Waals surface area contributed by atoms with Gasteiger partial charge in [-0.05, 0) is 58.5 Å². The van der Waals surface area contributed by atoms with Gasteiger partial charge < -0.3 is 5.32 Å². The average molecular weight is 398 g/mol. The van der Waals surface area contributed by atoms with Crippen molar-refractivity contribution < 1.29 is 13.2 Å². The molecule has 0 aliphatic rings. The van der Waals surface area contributed by atoms with Crippen LogP contribution < -0.4 is 5.32 Å². The SMILES string of the molecule is Fc1cc(CNc2ccc(Cl)cc2I)cc(F)c1F. The zero-order valence-electron chi connectivity index (χ0n) is 9.48. The standard InChI is InChI=1S/C13H8ClF3IN/c14-8-1-2-12(11(18)5-8)19-6-7-3-9(15)13(17)10(16)4-7/h1-5,19H,6H2. The van der Waals surface area contributed by atoms with Crippen LogP contribution in [-0.4, -0.2) is 0 Å². The van der Waals surface area contributed by atoms with Crippen LogP contribution in [-0.2, 0) is 6.54 Å². The molecule has 2 aromatic carbocycles. The fourth-order valence-electron chi connectivity index (χ4n) is 1.54. The fourth-order valence-corrected chi connectivity index (χ4v) is 2.60. The van der Waals surface area contributed by atoms with Crippen molar-refractivity contribution in [2.75, 3.05) is 5.32 Å². The molecule has 0 fully saturated rings. The molecule has 0 atom stereocenters. The Labute approximate surface area is 126 Å². The largest absolute Gasteiger partial charge is 0.380 e. The first-order valence-electron chi connectivity index (χ1n) is 5.29. The van der Waals surface area contributed by atoms with Crippen LogP contribution in [0, 0.1) is 21.0 Å². The quantitative estimate of drug-likeness (QED) is 0.569. The Morgan fingerprint density at radius 3 is 2.26 bits per heavy atom. The number of nitrogens with one attached hydrogen (secondary N) is 1. The van der Waals surface area contributed by atoms with Gasteiger partial charge in [0.25, 0.3) is 0 Å². The lowest BCUT2D eigenvalue weighted by Gasteiger charge is -2.09. The van der Waals surface area contributed by atoms with Crippen LogP contribution in [0.5, 0.6) is 0 Å². The van der Waals surface area contributed by atoms with Crippen molar-refractivity contribution in [1.29, 1.82) is 0 Å². The number of hydrogen-bond acceptors (Lipinski definition) is 1. The van der Waals surface area contributed by atoms with E-state index < -0.39 is 17.5 Å². The van der Waals surface area contributed by atoms with Crippen LogP contribution in [0.15, 0.2) is 30.3 Å². The van der Waals surface area contributed by atoms with E-state index in [0.29, 0.717) is 10.6 Å². The summed E-state index contributed by atoms with van der Waals surface area (Å²) in [6.45, 7) is 0.186. The number of halogens is 5. The van der Waals surface area contributed by atoms with Crippen LogP contribution in [0.25, 0.3) is 0 Å². The van der Waals surface area contributed by atoms with Crippen molar-refractivity contribution in [2.24, 2.45) is 0 Å². The number of hydrogen-bond donors (Lipinski definition) is 1. The third-order valence-electron chi connectivity index (χ3n) is 2.46. The molecule has 6 heteroatoms. The molecule has 1 N–H and O–H groups in total. The minimum atomic E-state index is -1.45. The highest BCUT2D eigenvalue weighted by Gasteiger charge is 2.10. The lowest BCUT2D eigenvalue weighted by molar-refractivity contribution is 0.445. The van der Waals surface area contributed by atoms with E-state index in [1.807, 2.05) is 0 Å². The Kier molecular flexibility index (Phi) is 4.57. The van der Waals surface area contributed by atoms with Gasteiger partial charge in [-0.3, -0.25) is 0 Å². The number of rotatable bonds is 3. The van der Waals surface area contributed by atoms with Crippen molar-refractivity contribution >= 4 is 39.9 Å². The van der Waals surface area contributed by atoms with Crippen molar-refractivity contribution in [3.8, 4) is 0 Å². The summed E-state index contributed by atoms with van der Waals surface area (Å²) in [4.78, 5) is 0. The molecule has 0 heterocycles. The Morgan fingerprint density at radius 2 is 1.68 bits per heavy atom. The highest BCUT2D eigenvalue weighted by Crippen LogP contribution is 2.23. The zero-order chi connectivity index (χ0) is 14.0. The molecular weight excluding hydrogens is 390 g/mol. The highest BCUT2D eigenvalue weighted by atomic mass is 127. The van der Waals surface area contributed by atoms with E-state index in [-0.39, 0.29) is 6.54 Å². The zero-order valence-corrected chi connectivity index (χ0v) is 12.4. The number of anilines is 1. The second-order valence-corrected chi connectivity index (χ2v) is 5.45. The maximum atomic E-state index is 13.0. The Balaban J connectivity index is 2.14. The maximum absolute atomic E-state index is 13.0. The van der Waals surface area contributed by atoms with Crippen LogP contribution in [0.3, 0.4) is 0 Å². The summed E-state index contributed by atoms with van der Waals surface area (Å²) < 4.78 is 39.8. The second-order valence-electron chi connectivity index (χ2n) is 3.85. The molecule has 0 aliphatic heterocycles. The van der Waals surface area contributed by atoms with E-state index in [2.05, 4.69) is 27.9 Å². The van der Waals surface area contributed by atoms with Crippen molar-refractivity contribution in [2.45, 2.75) is 6.54 Å². The second kappa shape index (κ2) is 6.00. The van der Waals surface area contributed by atoms with Gasteiger partial charge in [-0.25, -0.2) is 13.2 Å². The van der Waals surface area contributed by atoms with Gasteiger partial charge >= 0.3 is 0 Å². The summed E-state index contributed by atoms with van der Waals surface area (Å²) in [5.41, 5.74) is 1.11. The molecule has 19 heavy (non-hydrogen) atoms. The van der Waals surface area contributed by atoms with Crippen molar-refractivity contribution in [1.82, 2.24) is 0 Å². The minimum Gasteiger partial charge on any atom is -0.380 e. The third kappa shape index (κ3) is 3.54. The summed E-state index contributed by atoms with van der Waals surface area (Å²) in [5.74, 6) is -3.84. The molecule has 0 saturated heterocycles. The summed E-state index contributed by atoms with van der Waals surface area (Å²) in [6, 6.07) is 7.16. The van der Waals surface area contributed by atoms with E-state index >= 15 is 0 Å². The molecule has 0 aromatic heterocycles. The molecule has 0 spiro atoms. The molecule has 0 unspecified atom stereocenters. The first-order valence-corrected chi connectivity index (χ1v) is 6.75. The molecule has 0 saturated carbocycles. The average Bonchev–Trinajstić information content (AvgIpc) is 2.34. The van der Waals surface area contributed by atoms with Crippen molar-refractivity contribution in [3.63, 3.8) is 0 Å². The Hall–Kier alpha value is -0.950. The lowest BCUT2D eigenvalue weighted by atomic mass is 10.2. The topological polar surface area (TPSA) is 12.0 Å². The molecule has 0 bridgehead atoms.